The third kappa shape index (κ3) is 3.07. The van der Waals surface area contributed by atoms with Gasteiger partial charge in [0.25, 0.3) is 0 Å². The van der Waals surface area contributed by atoms with E-state index in [0.717, 1.165) is 18.7 Å². The van der Waals surface area contributed by atoms with Gasteiger partial charge in [-0.25, -0.2) is 4.58 Å². The molecule has 0 amide bonds. The fraction of sp³-hybridized carbons (Fsp3) is 0.333. The van der Waals surface area contributed by atoms with E-state index >= 15 is 0 Å². The van der Waals surface area contributed by atoms with Crippen molar-refractivity contribution in [1.82, 2.24) is 4.57 Å². The highest BCUT2D eigenvalue weighted by atomic mass is 79.9. The highest BCUT2D eigenvalue weighted by Gasteiger charge is 2.25. The molecule has 22 heavy (non-hydrogen) atoms. The van der Waals surface area contributed by atoms with Gasteiger partial charge in [0.1, 0.15) is 5.69 Å². The lowest BCUT2D eigenvalue weighted by Gasteiger charge is -2.17. The molecule has 0 aliphatic carbocycles. The van der Waals surface area contributed by atoms with Gasteiger partial charge in [0.2, 0.25) is 12.3 Å². The van der Waals surface area contributed by atoms with Crippen molar-refractivity contribution in [3.05, 3.63) is 58.9 Å². The maximum Gasteiger partial charge on any atom is 0.227 e. The Kier molecular flexibility index (Phi) is 5.01. The molecule has 3 rings (SSSR count). The molecule has 3 nitrogen and oxygen atoms in total. The van der Waals surface area contributed by atoms with Crippen LogP contribution < -0.4 is 17.0 Å². The number of carbonyl (C=O) groups excluding carboxylic acids is 1. The van der Waals surface area contributed by atoms with Gasteiger partial charge in [0.05, 0.1) is 6.54 Å². The number of nitrogens with zero attached hydrogens (tertiary/aromatic N) is 2. The maximum absolute atomic E-state index is 12.4. The first-order chi connectivity index (χ1) is 10.1. The lowest BCUT2D eigenvalue weighted by atomic mass is 10.1. The molecule has 4 heteroatoms. The number of rotatable bonds is 3. The minimum absolute atomic E-state index is 0. The van der Waals surface area contributed by atoms with E-state index in [0.29, 0.717) is 6.54 Å². The zero-order chi connectivity index (χ0) is 15.0. The number of halogens is 1. The molecular formula is C18H21BrN2O. The number of fused-ring (bicyclic) bond motifs is 1. The smallest absolute Gasteiger partial charge is 0.227 e. The van der Waals surface area contributed by atoms with E-state index in [2.05, 4.69) is 35.1 Å². The van der Waals surface area contributed by atoms with E-state index in [-0.39, 0.29) is 22.8 Å². The number of aryl methyl sites for hydroxylation is 2. The minimum atomic E-state index is 0. The first-order valence-corrected chi connectivity index (χ1v) is 7.41. The number of ketones is 1. The number of benzene rings is 1. The molecule has 0 unspecified atom stereocenters. The van der Waals surface area contributed by atoms with Crippen molar-refractivity contribution in [2.75, 3.05) is 13.1 Å². The van der Waals surface area contributed by atoms with Crippen LogP contribution in [0.3, 0.4) is 0 Å². The molecule has 0 atom stereocenters. The number of carbonyl (C=O) groups is 1. The Labute approximate surface area is 142 Å². The van der Waals surface area contributed by atoms with Gasteiger partial charge in [-0.15, -0.1) is 0 Å². The van der Waals surface area contributed by atoms with Gasteiger partial charge in [-0.05, 0) is 26.0 Å². The summed E-state index contributed by atoms with van der Waals surface area (Å²) in [6.07, 6.45) is 0. The highest BCUT2D eigenvalue weighted by Crippen LogP contribution is 2.14. The zero-order valence-electron chi connectivity index (χ0n) is 13.3. The molecule has 1 aromatic carbocycles. The van der Waals surface area contributed by atoms with Crippen molar-refractivity contribution in [3.63, 3.8) is 0 Å². The van der Waals surface area contributed by atoms with Crippen molar-refractivity contribution in [3.8, 4) is 0 Å². The van der Waals surface area contributed by atoms with E-state index in [1.807, 2.05) is 31.2 Å². The van der Waals surface area contributed by atoms with Crippen LogP contribution >= 0.6 is 0 Å². The predicted octanol–water partition coefficient (Wildman–Crippen LogP) is -0.173. The Hall–Kier alpha value is -1.68. The van der Waals surface area contributed by atoms with E-state index in [1.165, 1.54) is 22.7 Å². The van der Waals surface area contributed by atoms with E-state index in [1.54, 1.807) is 0 Å². The number of aromatic nitrogens is 1. The summed E-state index contributed by atoms with van der Waals surface area (Å²) in [5.41, 5.74) is 5.69. The Morgan fingerprint density at radius 1 is 1.09 bits per heavy atom. The van der Waals surface area contributed by atoms with Gasteiger partial charge in [0.15, 0.2) is 12.3 Å². The average Bonchev–Trinajstić information content (AvgIpc) is 2.85. The van der Waals surface area contributed by atoms with Crippen LogP contribution in [0.1, 0.15) is 34.2 Å². The molecule has 2 aromatic rings. The third-order valence-electron chi connectivity index (χ3n) is 4.35. The molecule has 2 heterocycles. The maximum atomic E-state index is 12.4. The monoisotopic (exact) mass is 360 g/mol. The van der Waals surface area contributed by atoms with Crippen molar-refractivity contribution in [2.45, 2.75) is 27.3 Å². The predicted molar refractivity (Wildman–Crippen MR) is 84.5 cm³/mol. The van der Waals surface area contributed by atoms with E-state index in [4.69, 9.17) is 0 Å². The summed E-state index contributed by atoms with van der Waals surface area (Å²) < 4.78 is 4.51. The molecule has 1 aromatic heterocycles. The quantitative estimate of drug-likeness (QED) is 0.550. The lowest BCUT2D eigenvalue weighted by Crippen LogP contribution is -3.00. The molecule has 0 saturated heterocycles. The van der Waals surface area contributed by atoms with Gasteiger partial charge < -0.3 is 21.5 Å². The summed E-state index contributed by atoms with van der Waals surface area (Å²) in [4.78, 5) is 12.4. The zero-order valence-corrected chi connectivity index (χ0v) is 14.9. The van der Waals surface area contributed by atoms with Crippen LogP contribution in [0.2, 0.25) is 0 Å². The van der Waals surface area contributed by atoms with Crippen molar-refractivity contribution >= 4 is 11.5 Å². The van der Waals surface area contributed by atoms with Gasteiger partial charge in [-0.1, -0.05) is 29.8 Å². The van der Waals surface area contributed by atoms with Gasteiger partial charge in [-0.2, -0.15) is 0 Å². The summed E-state index contributed by atoms with van der Waals surface area (Å²) in [5.74, 6) is 0.186. The molecule has 0 spiro atoms. The van der Waals surface area contributed by atoms with Crippen LogP contribution in [0.25, 0.3) is 0 Å². The number of Topliss-reactive ketones (excluding diaryl/α,β-unsaturated/α-hetero) is 1. The SMILES string of the molecule is CC1=[N+](CC(=O)c2ccc(C)cc2)CCn2c(C)ccc21.[Br-]. The summed E-state index contributed by atoms with van der Waals surface area (Å²) in [5, 5.41) is 0. The lowest BCUT2D eigenvalue weighted by molar-refractivity contribution is -0.518. The molecule has 0 radical (unpaired) electrons. The summed E-state index contributed by atoms with van der Waals surface area (Å²) >= 11 is 0. The van der Waals surface area contributed by atoms with Crippen LogP contribution in [0.15, 0.2) is 36.4 Å². The molecule has 1 aliphatic rings. The molecule has 116 valence electrons. The van der Waals surface area contributed by atoms with Gasteiger partial charge in [0, 0.05) is 18.2 Å². The third-order valence-corrected chi connectivity index (χ3v) is 4.35. The molecule has 0 bridgehead atoms. The van der Waals surface area contributed by atoms with Crippen LogP contribution in [0.5, 0.6) is 0 Å². The molecule has 0 saturated carbocycles. The summed E-state index contributed by atoms with van der Waals surface area (Å²) in [6.45, 7) is 8.57. The van der Waals surface area contributed by atoms with Crippen LogP contribution in [-0.4, -0.2) is 33.7 Å². The first-order valence-electron chi connectivity index (χ1n) is 7.41. The standard InChI is InChI=1S/C18H21N2O.BrH/c1-13-4-7-16(8-5-13)18(21)12-19-10-11-20-14(2)6-9-17(20)15(19)3;/h4-9H,10-12H2,1-3H3;1H/q+1;/p-1. The fourth-order valence-electron chi connectivity index (χ4n) is 2.93. The molecule has 0 N–H and O–H groups in total. The first kappa shape index (κ1) is 16.7. The molecule has 0 fully saturated rings. The second-order valence-electron chi connectivity index (χ2n) is 5.81. The van der Waals surface area contributed by atoms with Crippen molar-refractivity contribution in [1.29, 1.82) is 0 Å². The summed E-state index contributed by atoms with van der Waals surface area (Å²) in [6, 6.07) is 12.1. The molecule has 1 aliphatic heterocycles. The Morgan fingerprint density at radius 2 is 1.77 bits per heavy atom. The molecular weight excluding hydrogens is 340 g/mol. The largest absolute Gasteiger partial charge is 1.00 e. The number of hydrogen-bond acceptors (Lipinski definition) is 1. The normalized spacial score (nSPS) is 13.6. The van der Waals surface area contributed by atoms with Crippen LogP contribution in [-0.2, 0) is 6.54 Å². The highest BCUT2D eigenvalue weighted by molar-refractivity contribution is 5.99. The minimum Gasteiger partial charge on any atom is -1.00 e. The number of hydrogen-bond donors (Lipinski definition) is 0. The average molecular weight is 361 g/mol. The van der Waals surface area contributed by atoms with Gasteiger partial charge in [-0.3, -0.25) is 4.79 Å². The van der Waals surface area contributed by atoms with Gasteiger partial charge >= 0.3 is 0 Å². The van der Waals surface area contributed by atoms with E-state index in [9.17, 15) is 4.79 Å². The second-order valence-corrected chi connectivity index (χ2v) is 5.81. The van der Waals surface area contributed by atoms with Crippen LogP contribution in [0.4, 0.5) is 0 Å². The fourth-order valence-corrected chi connectivity index (χ4v) is 2.93. The van der Waals surface area contributed by atoms with E-state index < -0.39 is 0 Å². The Morgan fingerprint density at radius 3 is 2.45 bits per heavy atom. The second kappa shape index (κ2) is 6.61. The summed E-state index contributed by atoms with van der Waals surface area (Å²) in [7, 11) is 0. The van der Waals surface area contributed by atoms with Crippen LogP contribution in [0, 0.1) is 13.8 Å². The van der Waals surface area contributed by atoms with Crippen molar-refractivity contribution < 1.29 is 26.4 Å². The Balaban J connectivity index is 0.00000176. The Bertz CT molecular complexity index is 726. The topological polar surface area (TPSA) is 25.0 Å². The van der Waals surface area contributed by atoms with Crippen molar-refractivity contribution in [2.24, 2.45) is 0 Å².